The number of piperidine rings is 1. The lowest BCUT2D eigenvalue weighted by molar-refractivity contribution is -0.132. The van der Waals surface area contributed by atoms with Crippen LogP contribution in [0.2, 0.25) is 0 Å². The molecule has 2 saturated heterocycles. The van der Waals surface area contributed by atoms with E-state index in [-0.39, 0.29) is 18.3 Å². The van der Waals surface area contributed by atoms with Crippen molar-refractivity contribution in [2.45, 2.75) is 57.4 Å². The van der Waals surface area contributed by atoms with Crippen molar-refractivity contribution in [3.05, 3.63) is 81.8 Å². The predicted molar refractivity (Wildman–Crippen MR) is 143 cm³/mol. The Morgan fingerprint density at radius 1 is 1.20 bits per heavy atom. The minimum Gasteiger partial charge on any atom is -0.478 e. The van der Waals surface area contributed by atoms with Crippen LogP contribution in [0.1, 0.15) is 59.2 Å². The lowest BCUT2D eigenvalue weighted by Crippen LogP contribution is -2.36. The molecule has 10 heteroatoms. The Morgan fingerprint density at radius 2 is 2.02 bits per heavy atom. The SMILES string of the molecule is N#Cc1ccc(COc2cccc(C3CCN(Cc4nc5c(n4C[C@@H]4CCO4)CC(C(=O)O)=C5)CC3)n2)c(F)c1. The summed E-state index contributed by atoms with van der Waals surface area (Å²) in [7, 11) is 0. The van der Waals surface area contributed by atoms with Crippen molar-refractivity contribution in [1.29, 1.82) is 5.26 Å². The van der Waals surface area contributed by atoms with Gasteiger partial charge in [0.15, 0.2) is 0 Å². The third-order valence-electron chi connectivity index (χ3n) is 7.98. The van der Waals surface area contributed by atoms with E-state index < -0.39 is 11.8 Å². The van der Waals surface area contributed by atoms with Gasteiger partial charge in [-0.2, -0.15) is 5.26 Å². The van der Waals surface area contributed by atoms with Gasteiger partial charge in [-0.05, 0) is 56.6 Å². The highest BCUT2D eigenvalue weighted by atomic mass is 19.1. The van der Waals surface area contributed by atoms with Gasteiger partial charge in [-0.3, -0.25) is 4.90 Å². The Kier molecular flexibility index (Phi) is 7.32. The molecule has 1 atom stereocenters. The topological polar surface area (TPSA) is 114 Å². The number of hydrogen-bond donors (Lipinski definition) is 1. The van der Waals surface area contributed by atoms with Gasteiger partial charge >= 0.3 is 5.97 Å². The molecule has 40 heavy (non-hydrogen) atoms. The molecule has 4 heterocycles. The number of aliphatic carboxylic acids is 1. The number of carboxylic acid groups (broad SMARTS) is 1. The van der Waals surface area contributed by atoms with Crippen molar-refractivity contribution in [1.82, 2.24) is 19.4 Å². The van der Waals surface area contributed by atoms with Crippen LogP contribution in [0, 0.1) is 17.1 Å². The standard InChI is InChI=1S/C30H30FN5O4/c31-24-12-19(15-32)4-5-21(24)18-40-29-3-1-2-25(34-29)20-6-9-35(10-7-20)17-28-33-26-13-22(30(37)38)14-27(26)36(28)16-23-8-11-39-23/h1-5,12-13,20,23H,6-11,14,16-18H2,(H,37,38)/t23-/m0/s1. The van der Waals surface area contributed by atoms with Gasteiger partial charge in [0.2, 0.25) is 5.88 Å². The molecule has 0 unspecified atom stereocenters. The Morgan fingerprint density at radius 3 is 2.73 bits per heavy atom. The third kappa shape index (κ3) is 5.48. The zero-order valence-electron chi connectivity index (χ0n) is 22.1. The number of nitrogens with zero attached hydrogens (tertiary/aromatic N) is 5. The third-order valence-corrected chi connectivity index (χ3v) is 7.98. The Labute approximate surface area is 231 Å². The van der Waals surface area contributed by atoms with Crippen molar-refractivity contribution in [2.75, 3.05) is 19.7 Å². The number of likely N-dealkylation sites (tertiary alicyclic amines) is 1. The monoisotopic (exact) mass is 543 g/mol. The van der Waals surface area contributed by atoms with E-state index in [1.54, 1.807) is 24.3 Å². The molecular formula is C30H30FN5O4. The number of nitriles is 1. The fourth-order valence-electron chi connectivity index (χ4n) is 5.57. The zero-order chi connectivity index (χ0) is 27.6. The number of hydrogen-bond acceptors (Lipinski definition) is 7. The first-order valence-electron chi connectivity index (χ1n) is 13.6. The number of ether oxygens (including phenoxy) is 2. The number of carbonyl (C=O) groups is 1. The average Bonchev–Trinajstić information content (AvgIpc) is 3.49. The molecule has 0 amide bonds. The number of benzene rings is 1. The second-order valence-corrected chi connectivity index (χ2v) is 10.6. The molecule has 3 aromatic rings. The first kappa shape index (κ1) is 26.2. The van der Waals surface area contributed by atoms with Crippen LogP contribution in [0.25, 0.3) is 6.08 Å². The molecular weight excluding hydrogens is 513 g/mol. The fourth-order valence-corrected chi connectivity index (χ4v) is 5.57. The largest absolute Gasteiger partial charge is 0.478 e. The minimum absolute atomic E-state index is 0.0398. The molecule has 3 aliphatic rings. The van der Waals surface area contributed by atoms with E-state index in [1.165, 1.54) is 6.07 Å². The molecule has 1 N–H and O–H groups in total. The summed E-state index contributed by atoms with van der Waals surface area (Å²) in [5, 5.41) is 18.4. The van der Waals surface area contributed by atoms with E-state index in [4.69, 9.17) is 24.7 Å². The normalized spacial score (nSPS) is 19.0. The van der Waals surface area contributed by atoms with Crippen molar-refractivity contribution >= 4 is 12.0 Å². The maximum absolute atomic E-state index is 14.2. The van der Waals surface area contributed by atoms with Gasteiger partial charge in [-0.15, -0.1) is 0 Å². The molecule has 0 spiro atoms. The molecule has 0 radical (unpaired) electrons. The van der Waals surface area contributed by atoms with E-state index in [9.17, 15) is 14.3 Å². The second kappa shape index (κ2) is 11.2. The van der Waals surface area contributed by atoms with E-state index >= 15 is 0 Å². The van der Waals surface area contributed by atoms with Gasteiger partial charge in [-0.1, -0.05) is 12.1 Å². The number of pyridine rings is 1. The summed E-state index contributed by atoms with van der Waals surface area (Å²) in [5.74, 6) is 0.348. The van der Waals surface area contributed by atoms with E-state index in [0.29, 0.717) is 42.4 Å². The van der Waals surface area contributed by atoms with Gasteiger partial charge < -0.3 is 19.1 Å². The van der Waals surface area contributed by atoms with Crippen LogP contribution in [0.5, 0.6) is 5.88 Å². The van der Waals surface area contributed by atoms with E-state index in [1.807, 2.05) is 18.2 Å². The van der Waals surface area contributed by atoms with Crippen molar-refractivity contribution in [2.24, 2.45) is 0 Å². The summed E-state index contributed by atoms with van der Waals surface area (Å²) in [6.07, 6.45) is 5.14. The molecule has 2 fully saturated rings. The van der Waals surface area contributed by atoms with Gasteiger partial charge in [0.05, 0.1) is 36.5 Å². The van der Waals surface area contributed by atoms with Crippen molar-refractivity contribution < 1.29 is 23.8 Å². The summed E-state index contributed by atoms with van der Waals surface area (Å²) < 4.78 is 27.8. The number of imidazole rings is 1. The number of aromatic nitrogens is 3. The van der Waals surface area contributed by atoms with Crippen LogP contribution >= 0.6 is 0 Å². The lowest BCUT2D eigenvalue weighted by Gasteiger charge is -2.32. The van der Waals surface area contributed by atoms with Gasteiger partial charge in [0, 0.05) is 47.5 Å². The molecule has 2 aromatic heterocycles. The predicted octanol–water partition coefficient (Wildman–Crippen LogP) is 4.06. The smallest absolute Gasteiger partial charge is 0.332 e. The van der Waals surface area contributed by atoms with Crippen LogP contribution in [-0.2, 0) is 35.6 Å². The Balaban J connectivity index is 1.07. The van der Waals surface area contributed by atoms with Crippen LogP contribution in [0.15, 0.2) is 42.0 Å². The maximum atomic E-state index is 14.2. The van der Waals surface area contributed by atoms with Crippen LogP contribution < -0.4 is 4.74 Å². The van der Waals surface area contributed by atoms with E-state index in [0.717, 1.165) is 61.9 Å². The Hall–Kier alpha value is -4.07. The molecule has 6 rings (SSSR count). The molecule has 0 bridgehead atoms. The summed E-state index contributed by atoms with van der Waals surface area (Å²) >= 11 is 0. The molecule has 9 nitrogen and oxygen atoms in total. The zero-order valence-corrected chi connectivity index (χ0v) is 22.1. The molecule has 2 aliphatic heterocycles. The summed E-state index contributed by atoms with van der Waals surface area (Å²) in [4.78, 5) is 23.4. The Bertz CT molecular complexity index is 1500. The van der Waals surface area contributed by atoms with Crippen LogP contribution in [0.3, 0.4) is 0 Å². The summed E-state index contributed by atoms with van der Waals surface area (Å²) in [5.41, 5.74) is 3.74. The number of carboxylic acids is 1. The number of rotatable bonds is 9. The van der Waals surface area contributed by atoms with Crippen LogP contribution in [-0.4, -0.2) is 56.3 Å². The highest BCUT2D eigenvalue weighted by Gasteiger charge is 2.30. The van der Waals surface area contributed by atoms with Crippen molar-refractivity contribution in [3.63, 3.8) is 0 Å². The average molecular weight is 544 g/mol. The van der Waals surface area contributed by atoms with Gasteiger partial charge in [0.25, 0.3) is 0 Å². The van der Waals surface area contributed by atoms with Crippen LogP contribution in [0.4, 0.5) is 4.39 Å². The second-order valence-electron chi connectivity index (χ2n) is 10.6. The minimum atomic E-state index is -0.891. The van der Waals surface area contributed by atoms with Gasteiger partial charge in [0.1, 0.15) is 18.2 Å². The quantitative estimate of drug-likeness (QED) is 0.430. The summed E-state index contributed by atoms with van der Waals surface area (Å²) in [6.45, 7) is 4.00. The first-order valence-corrected chi connectivity index (χ1v) is 13.6. The molecule has 206 valence electrons. The number of halogens is 1. The highest BCUT2D eigenvalue weighted by Crippen LogP contribution is 2.31. The summed E-state index contributed by atoms with van der Waals surface area (Å²) in [6, 6.07) is 12.0. The van der Waals surface area contributed by atoms with E-state index in [2.05, 4.69) is 9.47 Å². The van der Waals surface area contributed by atoms with Crippen molar-refractivity contribution in [3.8, 4) is 11.9 Å². The first-order chi connectivity index (χ1) is 19.5. The molecule has 1 aliphatic carbocycles. The fraction of sp³-hybridized carbons (Fsp3) is 0.400. The maximum Gasteiger partial charge on any atom is 0.332 e. The lowest BCUT2D eigenvalue weighted by atomic mass is 9.93. The molecule has 0 saturated carbocycles. The highest BCUT2D eigenvalue weighted by molar-refractivity contribution is 5.94. The van der Waals surface area contributed by atoms with Gasteiger partial charge in [-0.25, -0.2) is 19.2 Å². The number of fused-ring (bicyclic) bond motifs is 1. The molecule has 1 aromatic carbocycles.